The number of alkyl halides is 2. The molecule has 1 aromatic rings. The summed E-state index contributed by atoms with van der Waals surface area (Å²) in [7, 11) is 2.95. The van der Waals surface area contributed by atoms with Gasteiger partial charge in [0.1, 0.15) is 17.5 Å². The molecule has 3 aliphatic rings. The van der Waals surface area contributed by atoms with Gasteiger partial charge in [0.25, 0.3) is 5.91 Å². The Morgan fingerprint density at radius 3 is 2.24 bits per heavy atom. The molecule has 11 heteroatoms. The number of benzene rings is 1. The summed E-state index contributed by atoms with van der Waals surface area (Å²) in [6, 6.07) is 3.77. The number of esters is 1. The first-order valence-corrected chi connectivity index (χ1v) is 12.4. The number of ether oxygens (including phenoxy) is 3. The summed E-state index contributed by atoms with van der Waals surface area (Å²) in [6.45, 7) is 0.867. The van der Waals surface area contributed by atoms with Gasteiger partial charge in [0.15, 0.2) is 6.61 Å². The zero-order valence-electron chi connectivity index (χ0n) is 18.2. The van der Waals surface area contributed by atoms with Gasteiger partial charge in [0.2, 0.25) is 11.8 Å². The summed E-state index contributed by atoms with van der Waals surface area (Å²) in [4.78, 5) is 52.3. The number of halogens is 2. The van der Waals surface area contributed by atoms with Gasteiger partial charge in [-0.05, 0) is 37.3 Å². The number of anilines is 1. The molecule has 1 aliphatic heterocycles. The molecule has 0 spiro atoms. The normalized spacial score (nSPS) is 30.8. The molecule has 0 unspecified atom stereocenters. The van der Waals surface area contributed by atoms with E-state index in [0.717, 1.165) is 11.3 Å². The van der Waals surface area contributed by atoms with E-state index in [0.29, 0.717) is 17.2 Å². The fraction of sp³-hybridized carbons (Fsp3) is 0.545. The lowest BCUT2D eigenvalue weighted by molar-refractivity contribution is -0.159. The van der Waals surface area contributed by atoms with Crippen molar-refractivity contribution in [1.82, 2.24) is 4.90 Å². The van der Waals surface area contributed by atoms with Gasteiger partial charge in [-0.3, -0.25) is 19.3 Å². The van der Waals surface area contributed by atoms with E-state index in [1.54, 1.807) is 18.2 Å². The minimum atomic E-state index is -1.11. The molecular weight excluding hydrogens is 564 g/mol. The Morgan fingerprint density at radius 2 is 1.70 bits per heavy atom. The number of imide groups is 1. The largest absolute Gasteiger partial charge is 0.497 e. The van der Waals surface area contributed by atoms with Crippen molar-refractivity contribution in [2.75, 3.05) is 26.1 Å². The molecule has 1 heterocycles. The highest BCUT2D eigenvalue weighted by molar-refractivity contribution is 9.12. The average molecular weight is 588 g/mol. The van der Waals surface area contributed by atoms with Gasteiger partial charge in [-0.2, -0.15) is 0 Å². The number of nitrogens with zero attached hydrogens (tertiary/aromatic N) is 1. The van der Waals surface area contributed by atoms with Crippen LogP contribution < -0.4 is 14.8 Å². The summed E-state index contributed by atoms with van der Waals surface area (Å²) < 4.78 is 15.5. The fourth-order valence-corrected chi connectivity index (χ4v) is 7.09. The average Bonchev–Trinajstić information content (AvgIpc) is 3.41. The van der Waals surface area contributed by atoms with Crippen molar-refractivity contribution in [2.24, 2.45) is 23.7 Å². The second kappa shape index (κ2) is 9.25. The van der Waals surface area contributed by atoms with E-state index >= 15 is 0 Å². The number of carbonyl (C=O) groups is 4. The van der Waals surface area contributed by atoms with Crippen LogP contribution in [0.25, 0.3) is 0 Å². The van der Waals surface area contributed by atoms with Gasteiger partial charge in [0, 0.05) is 15.7 Å². The Labute approximate surface area is 207 Å². The van der Waals surface area contributed by atoms with Gasteiger partial charge in [-0.25, -0.2) is 4.79 Å². The molecular formula is C22H24Br2N2O7. The standard InChI is InChI=1S/C22H24Br2N2O7/c1-9(26-20(28)16-11-7-12(17(16)21(26)29)19(24)18(11)23)22(30)33-8-15(27)25-13-6-10(31-2)4-5-14(13)32-3/h4-6,9,11-12,16-19H,7-8H2,1-3H3,(H,25,27)/t9-,11+,12+,16+,17+,18-,19-/m0/s1. The lowest BCUT2D eigenvalue weighted by Gasteiger charge is -2.28. The summed E-state index contributed by atoms with van der Waals surface area (Å²) in [5.41, 5.74) is 0.354. The maximum atomic E-state index is 13.1. The Balaban J connectivity index is 1.37. The van der Waals surface area contributed by atoms with Crippen molar-refractivity contribution in [1.29, 1.82) is 0 Å². The van der Waals surface area contributed by atoms with Crippen molar-refractivity contribution < 1.29 is 33.4 Å². The Kier molecular flexibility index (Phi) is 6.73. The van der Waals surface area contributed by atoms with E-state index in [1.807, 2.05) is 0 Å². The molecule has 0 radical (unpaired) electrons. The first kappa shape index (κ1) is 24.0. The lowest BCUT2D eigenvalue weighted by Crippen LogP contribution is -2.45. The number of likely N-dealkylation sites (tertiary alicyclic amines) is 1. The van der Waals surface area contributed by atoms with Gasteiger partial charge in [-0.1, -0.05) is 31.9 Å². The van der Waals surface area contributed by atoms with E-state index in [9.17, 15) is 19.2 Å². The summed E-state index contributed by atoms with van der Waals surface area (Å²) in [5.74, 6) is -1.89. The fourth-order valence-electron chi connectivity index (χ4n) is 5.21. The van der Waals surface area contributed by atoms with Crippen molar-refractivity contribution in [3.63, 3.8) is 0 Å². The number of rotatable bonds is 7. The molecule has 33 heavy (non-hydrogen) atoms. The van der Waals surface area contributed by atoms with Gasteiger partial charge < -0.3 is 19.5 Å². The number of hydrogen-bond donors (Lipinski definition) is 1. The van der Waals surface area contributed by atoms with Crippen LogP contribution in [0.15, 0.2) is 18.2 Å². The predicted molar refractivity (Wildman–Crippen MR) is 124 cm³/mol. The highest BCUT2D eigenvalue weighted by atomic mass is 79.9. The van der Waals surface area contributed by atoms with Crippen LogP contribution >= 0.6 is 31.9 Å². The first-order valence-electron chi connectivity index (χ1n) is 10.5. The topological polar surface area (TPSA) is 111 Å². The molecule has 178 valence electrons. The van der Waals surface area contributed by atoms with Crippen LogP contribution in [0.3, 0.4) is 0 Å². The monoisotopic (exact) mass is 586 g/mol. The highest BCUT2D eigenvalue weighted by Gasteiger charge is 2.67. The van der Waals surface area contributed by atoms with Crippen LogP contribution in [0.1, 0.15) is 13.3 Å². The number of nitrogens with one attached hydrogen (secondary N) is 1. The number of methoxy groups -OCH3 is 2. The Bertz CT molecular complexity index is 971. The quantitative estimate of drug-likeness (QED) is 0.296. The molecule has 3 amide bonds. The smallest absolute Gasteiger partial charge is 0.329 e. The third kappa shape index (κ3) is 4.03. The molecule has 2 saturated carbocycles. The summed E-state index contributed by atoms with van der Waals surface area (Å²) in [6.07, 6.45) is 0.805. The molecule has 1 saturated heterocycles. The molecule has 7 atom stereocenters. The van der Waals surface area contributed by atoms with Crippen molar-refractivity contribution >= 4 is 61.2 Å². The van der Waals surface area contributed by atoms with Crippen LogP contribution in [-0.2, 0) is 23.9 Å². The Hall–Kier alpha value is -2.14. The van der Waals surface area contributed by atoms with E-state index in [2.05, 4.69) is 37.2 Å². The van der Waals surface area contributed by atoms with Crippen LogP contribution in [0.5, 0.6) is 11.5 Å². The minimum absolute atomic E-state index is 0.0534. The zero-order valence-corrected chi connectivity index (χ0v) is 21.4. The van der Waals surface area contributed by atoms with Gasteiger partial charge >= 0.3 is 5.97 Å². The predicted octanol–water partition coefficient (Wildman–Crippen LogP) is 2.35. The maximum absolute atomic E-state index is 13.1. The van der Waals surface area contributed by atoms with Crippen LogP contribution in [0, 0.1) is 23.7 Å². The summed E-state index contributed by atoms with van der Waals surface area (Å²) in [5, 5.41) is 2.60. The SMILES string of the molecule is COc1ccc(OC)c(NC(=O)COC(=O)[C@H](C)N2C(=O)[C@@H]3[C@H]4C[C@@H]([C@H](Br)[C@H]4Br)[C@H]3C2=O)c1. The first-order chi connectivity index (χ1) is 15.7. The third-order valence-corrected chi connectivity index (χ3v) is 9.98. The van der Waals surface area contributed by atoms with Crippen LogP contribution in [-0.4, -0.2) is 65.1 Å². The van der Waals surface area contributed by atoms with Crippen molar-refractivity contribution in [3.8, 4) is 11.5 Å². The van der Waals surface area contributed by atoms with Crippen molar-refractivity contribution in [3.05, 3.63) is 18.2 Å². The number of amides is 3. The maximum Gasteiger partial charge on any atom is 0.329 e. The van der Waals surface area contributed by atoms with Gasteiger partial charge in [0.05, 0.1) is 31.7 Å². The lowest BCUT2D eigenvalue weighted by atomic mass is 9.81. The molecule has 1 aromatic carbocycles. The number of hydrogen-bond acceptors (Lipinski definition) is 7. The van der Waals surface area contributed by atoms with E-state index < -0.39 is 36.4 Å². The molecule has 1 N–H and O–H groups in total. The molecule has 4 rings (SSSR count). The van der Waals surface area contributed by atoms with Crippen molar-refractivity contribution in [2.45, 2.75) is 29.0 Å². The third-order valence-electron chi connectivity index (χ3n) is 6.78. The highest BCUT2D eigenvalue weighted by Crippen LogP contribution is 2.60. The van der Waals surface area contributed by atoms with E-state index in [1.165, 1.54) is 21.1 Å². The molecule has 2 bridgehead atoms. The molecule has 2 aliphatic carbocycles. The van der Waals surface area contributed by atoms with Gasteiger partial charge in [-0.15, -0.1) is 0 Å². The molecule has 9 nitrogen and oxygen atoms in total. The van der Waals surface area contributed by atoms with E-state index in [4.69, 9.17) is 14.2 Å². The number of carbonyl (C=O) groups excluding carboxylic acids is 4. The second-order valence-electron chi connectivity index (χ2n) is 8.45. The minimum Gasteiger partial charge on any atom is -0.497 e. The van der Waals surface area contributed by atoms with Crippen LogP contribution in [0.4, 0.5) is 5.69 Å². The van der Waals surface area contributed by atoms with E-state index in [-0.39, 0.29) is 33.3 Å². The molecule has 0 aromatic heterocycles. The van der Waals surface area contributed by atoms with Crippen LogP contribution in [0.2, 0.25) is 0 Å². The zero-order chi connectivity index (χ0) is 24.0. The molecule has 3 fully saturated rings. The Morgan fingerprint density at radius 1 is 1.09 bits per heavy atom. The number of fused-ring (bicyclic) bond motifs is 5. The summed E-state index contributed by atoms with van der Waals surface area (Å²) >= 11 is 7.27. The second-order valence-corrected chi connectivity index (χ2v) is 10.6.